The zero-order chi connectivity index (χ0) is 14.8. The molecule has 0 amide bonds. The molecule has 1 aliphatic heterocycles. The van der Waals surface area contributed by atoms with E-state index in [1.807, 2.05) is 19.9 Å². The second-order valence-electron chi connectivity index (χ2n) is 5.97. The number of carboxylic acid groups (broad SMARTS) is 1. The van der Waals surface area contributed by atoms with E-state index in [0.717, 1.165) is 30.9 Å². The van der Waals surface area contributed by atoms with Gasteiger partial charge in [-0.3, -0.25) is 4.79 Å². The first-order valence-electron chi connectivity index (χ1n) is 6.92. The van der Waals surface area contributed by atoms with Gasteiger partial charge in [-0.05, 0) is 18.1 Å². The summed E-state index contributed by atoms with van der Waals surface area (Å²) in [6.45, 7) is 5.41. The molecule has 0 bridgehead atoms. The number of hydrogen-bond acceptors (Lipinski definition) is 3. The summed E-state index contributed by atoms with van der Waals surface area (Å²) in [6.07, 6.45) is 1.10. The van der Waals surface area contributed by atoms with E-state index >= 15 is 0 Å². The molecule has 1 unspecified atom stereocenters. The number of ether oxygens (including phenoxy) is 2. The lowest BCUT2D eigenvalue weighted by atomic mass is 9.79. The van der Waals surface area contributed by atoms with E-state index < -0.39 is 11.4 Å². The van der Waals surface area contributed by atoms with Crippen molar-refractivity contribution in [3.05, 3.63) is 29.3 Å². The van der Waals surface area contributed by atoms with Gasteiger partial charge in [0.1, 0.15) is 5.75 Å². The van der Waals surface area contributed by atoms with Gasteiger partial charge in [-0.2, -0.15) is 0 Å². The van der Waals surface area contributed by atoms with Gasteiger partial charge in [0.2, 0.25) is 0 Å². The van der Waals surface area contributed by atoms with Gasteiger partial charge in [0.15, 0.2) is 0 Å². The fourth-order valence-electron chi connectivity index (χ4n) is 2.78. The Labute approximate surface area is 119 Å². The van der Waals surface area contributed by atoms with Gasteiger partial charge < -0.3 is 14.6 Å². The van der Waals surface area contributed by atoms with Crippen LogP contribution in [0.2, 0.25) is 0 Å². The summed E-state index contributed by atoms with van der Waals surface area (Å²) in [4.78, 5) is 11.1. The smallest absolute Gasteiger partial charge is 0.304 e. The van der Waals surface area contributed by atoms with Crippen molar-refractivity contribution in [3.63, 3.8) is 0 Å². The fourth-order valence-corrected chi connectivity index (χ4v) is 2.78. The number of carbonyl (C=O) groups is 1. The second kappa shape index (κ2) is 5.83. The Bertz CT molecular complexity index is 487. The number of benzene rings is 1. The largest absolute Gasteiger partial charge is 0.496 e. The molecule has 20 heavy (non-hydrogen) atoms. The molecule has 4 heteroatoms. The van der Waals surface area contributed by atoms with Crippen LogP contribution in [0.4, 0.5) is 0 Å². The van der Waals surface area contributed by atoms with Crippen LogP contribution in [-0.4, -0.2) is 31.4 Å². The lowest BCUT2D eigenvalue weighted by Gasteiger charge is -2.26. The molecule has 0 radical (unpaired) electrons. The molecular weight excluding hydrogens is 256 g/mol. The van der Waals surface area contributed by atoms with Crippen LogP contribution < -0.4 is 4.74 Å². The highest BCUT2D eigenvalue weighted by Gasteiger charge is 2.29. The normalized spacial score (nSPS) is 19.1. The summed E-state index contributed by atoms with van der Waals surface area (Å²) in [5, 5.41) is 9.09. The molecule has 1 aromatic rings. The summed E-state index contributed by atoms with van der Waals surface area (Å²) in [6, 6.07) is 6.08. The van der Waals surface area contributed by atoms with Crippen molar-refractivity contribution in [3.8, 4) is 5.75 Å². The minimum absolute atomic E-state index is 0.0774. The first-order chi connectivity index (χ1) is 9.44. The summed E-state index contributed by atoms with van der Waals surface area (Å²) in [5.41, 5.74) is 1.69. The van der Waals surface area contributed by atoms with Crippen LogP contribution in [-0.2, 0) is 14.9 Å². The third-order valence-corrected chi connectivity index (χ3v) is 3.95. The number of rotatable bonds is 5. The quantitative estimate of drug-likeness (QED) is 0.899. The third-order valence-electron chi connectivity index (χ3n) is 3.95. The van der Waals surface area contributed by atoms with Crippen LogP contribution in [0.25, 0.3) is 0 Å². The van der Waals surface area contributed by atoms with Crippen molar-refractivity contribution in [2.24, 2.45) is 0 Å². The number of hydrogen-bond donors (Lipinski definition) is 1. The van der Waals surface area contributed by atoms with Gasteiger partial charge in [0, 0.05) is 23.5 Å². The number of methoxy groups -OCH3 is 1. The Kier molecular flexibility index (Phi) is 4.33. The molecule has 110 valence electrons. The molecule has 0 aromatic heterocycles. The van der Waals surface area contributed by atoms with E-state index in [4.69, 9.17) is 14.6 Å². The fraction of sp³-hybridized carbons (Fsp3) is 0.562. The molecule has 1 N–H and O–H groups in total. The molecule has 2 rings (SSSR count). The third kappa shape index (κ3) is 3.12. The Balaban J connectivity index is 2.37. The number of carboxylic acids is 1. The Hall–Kier alpha value is -1.55. The van der Waals surface area contributed by atoms with E-state index in [1.54, 1.807) is 7.11 Å². The first kappa shape index (κ1) is 14.9. The summed E-state index contributed by atoms with van der Waals surface area (Å²) < 4.78 is 10.8. The zero-order valence-corrected chi connectivity index (χ0v) is 12.3. The highest BCUT2D eigenvalue weighted by molar-refractivity contribution is 5.69. The van der Waals surface area contributed by atoms with Crippen molar-refractivity contribution in [2.75, 3.05) is 20.3 Å². The average Bonchev–Trinajstić information content (AvgIpc) is 2.90. The SMILES string of the molecule is COc1ccc(C2CCOC2)cc1C(C)(C)CC(=O)O. The minimum Gasteiger partial charge on any atom is -0.496 e. The zero-order valence-electron chi connectivity index (χ0n) is 12.3. The van der Waals surface area contributed by atoms with Crippen molar-refractivity contribution in [1.82, 2.24) is 0 Å². The van der Waals surface area contributed by atoms with Gasteiger partial charge in [0.05, 0.1) is 20.1 Å². The average molecular weight is 278 g/mol. The molecule has 1 aliphatic rings. The van der Waals surface area contributed by atoms with E-state index in [1.165, 1.54) is 5.56 Å². The van der Waals surface area contributed by atoms with Crippen LogP contribution >= 0.6 is 0 Å². The second-order valence-corrected chi connectivity index (χ2v) is 5.97. The van der Waals surface area contributed by atoms with Gasteiger partial charge in [-0.15, -0.1) is 0 Å². The molecule has 0 spiro atoms. The van der Waals surface area contributed by atoms with E-state index in [2.05, 4.69) is 12.1 Å². The monoisotopic (exact) mass is 278 g/mol. The van der Waals surface area contributed by atoms with Crippen molar-refractivity contribution >= 4 is 5.97 Å². The molecule has 1 heterocycles. The van der Waals surface area contributed by atoms with Crippen LogP contribution in [0.5, 0.6) is 5.75 Å². The Morgan fingerprint density at radius 1 is 1.50 bits per heavy atom. The Morgan fingerprint density at radius 3 is 2.80 bits per heavy atom. The minimum atomic E-state index is -0.799. The lowest BCUT2D eigenvalue weighted by molar-refractivity contribution is -0.138. The molecule has 1 aromatic carbocycles. The molecular formula is C16H22O4. The maximum absolute atomic E-state index is 11.1. The molecule has 0 aliphatic carbocycles. The predicted molar refractivity (Wildman–Crippen MR) is 76.4 cm³/mol. The highest BCUT2D eigenvalue weighted by atomic mass is 16.5. The van der Waals surface area contributed by atoms with E-state index in [0.29, 0.717) is 5.92 Å². The summed E-state index contributed by atoms with van der Waals surface area (Å²) in [5.74, 6) is 0.353. The van der Waals surface area contributed by atoms with E-state index in [9.17, 15) is 4.79 Å². The maximum atomic E-state index is 11.1. The maximum Gasteiger partial charge on any atom is 0.304 e. The first-order valence-corrected chi connectivity index (χ1v) is 6.92. The van der Waals surface area contributed by atoms with Gasteiger partial charge in [-0.25, -0.2) is 0 Å². The molecule has 1 fully saturated rings. The van der Waals surface area contributed by atoms with Gasteiger partial charge in [0.25, 0.3) is 0 Å². The van der Waals surface area contributed by atoms with Gasteiger partial charge >= 0.3 is 5.97 Å². The molecule has 4 nitrogen and oxygen atoms in total. The summed E-state index contributed by atoms with van der Waals surface area (Å²) in [7, 11) is 1.62. The van der Waals surface area contributed by atoms with Crippen LogP contribution in [0.3, 0.4) is 0 Å². The molecule has 0 saturated carbocycles. The lowest BCUT2D eigenvalue weighted by Crippen LogP contribution is -2.23. The van der Waals surface area contributed by atoms with Crippen molar-refractivity contribution in [2.45, 2.75) is 38.0 Å². The number of aliphatic carboxylic acids is 1. The topological polar surface area (TPSA) is 55.8 Å². The highest BCUT2D eigenvalue weighted by Crippen LogP contribution is 2.37. The van der Waals surface area contributed by atoms with Crippen LogP contribution in [0.1, 0.15) is 43.7 Å². The van der Waals surface area contributed by atoms with Crippen molar-refractivity contribution in [1.29, 1.82) is 0 Å². The predicted octanol–water partition coefficient (Wildman–Crippen LogP) is 2.95. The van der Waals surface area contributed by atoms with Crippen LogP contribution in [0, 0.1) is 0 Å². The Morgan fingerprint density at radius 2 is 2.25 bits per heavy atom. The molecule has 1 atom stereocenters. The molecule has 1 saturated heterocycles. The standard InChI is InChI=1S/C16H22O4/c1-16(2,9-15(17)18)13-8-11(4-5-14(13)19-3)12-6-7-20-10-12/h4-5,8,12H,6-7,9-10H2,1-3H3,(H,17,18). The van der Waals surface area contributed by atoms with Crippen LogP contribution in [0.15, 0.2) is 18.2 Å². The summed E-state index contributed by atoms with van der Waals surface area (Å²) >= 11 is 0. The van der Waals surface area contributed by atoms with E-state index in [-0.39, 0.29) is 6.42 Å². The van der Waals surface area contributed by atoms with Crippen molar-refractivity contribution < 1.29 is 19.4 Å². The van der Waals surface area contributed by atoms with Gasteiger partial charge in [-0.1, -0.05) is 26.0 Å².